The van der Waals surface area contributed by atoms with Crippen LogP contribution in [-0.4, -0.2) is 41.7 Å². The molecular formula is C17H13ClN4O6S. The molecule has 0 fully saturated rings. The molecule has 29 heavy (non-hydrogen) atoms. The summed E-state index contributed by atoms with van der Waals surface area (Å²) in [5.41, 5.74) is 0.0655. The minimum Gasteiger partial charge on any atom is -0.478 e. The Morgan fingerprint density at radius 3 is 2.59 bits per heavy atom. The van der Waals surface area contributed by atoms with E-state index in [9.17, 15) is 23.1 Å². The lowest BCUT2D eigenvalue weighted by molar-refractivity contribution is -0.117. The fourth-order valence-corrected chi connectivity index (χ4v) is 3.23. The molecule has 1 aliphatic rings. The van der Waals surface area contributed by atoms with Gasteiger partial charge < -0.3 is 5.11 Å². The molecule has 0 saturated heterocycles. The Balaban J connectivity index is 1.91. The van der Waals surface area contributed by atoms with Gasteiger partial charge in [-0.25, -0.2) is 4.79 Å². The maximum atomic E-state index is 12.6. The van der Waals surface area contributed by atoms with Crippen LogP contribution in [0.5, 0.6) is 0 Å². The lowest BCUT2D eigenvalue weighted by Gasteiger charge is -2.12. The number of carboxylic acids is 1. The Kier molecular flexibility index (Phi) is 5.46. The first-order valence-electron chi connectivity index (χ1n) is 7.98. The largest absolute Gasteiger partial charge is 0.478 e. The molecule has 0 spiro atoms. The van der Waals surface area contributed by atoms with Crippen LogP contribution < -0.4 is 5.01 Å². The smallest absolute Gasteiger partial charge is 0.338 e. The molecule has 150 valence electrons. The number of hydrogen-bond acceptors (Lipinski definition) is 7. The molecule has 2 N–H and O–H groups in total. The summed E-state index contributed by atoms with van der Waals surface area (Å²) in [6.07, 6.45) is 0. The topological polar surface area (TPSA) is 149 Å². The lowest BCUT2D eigenvalue weighted by Crippen LogP contribution is -2.29. The lowest BCUT2D eigenvalue weighted by atomic mass is 10.2. The fourth-order valence-electron chi connectivity index (χ4n) is 2.54. The van der Waals surface area contributed by atoms with Gasteiger partial charge in [0.25, 0.3) is 16.0 Å². The zero-order valence-corrected chi connectivity index (χ0v) is 16.3. The minimum absolute atomic E-state index is 0.188. The number of rotatable bonds is 5. The Labute approximate surface area is 169 Å². The molecule has 2 aromatic carbocycles. The Morgan fingerprint density at radius 1 is 1.24 bits per heavy atom. The SMILES string of the molecule is CC1=NN(c2cccc(Cl)c2)C(=O)C1N=Nc1ccc(S(=O)(=O)O)cc1C(=O)O. The van der Waals surface area contributed by atoms with Crippen LogP contribution in [0.3, 0.4) is 0 Å². The Hall–Kier alpha value is -3.15. The summed E-state index contributed by atoms with van der Waals surface area (Å²) >= 11 is 5.93. The highest BCUT2D eigenvalue weighted by Gasteiger charge is 2.35. The summed E-state index contributed by atoms with van der Waals surface area (Å²) in [7, 11) is -4.59. The maximum absolute atomic E-state index is 12.6. The third-order valence-electron chi connectivity index (χ3n) is 3.93. The van der Waals surface area contributed by atoms with Crippen molar-refractivity contribution >= 4 is 50.7 Å². The minimum atomic E-state index is -4.59. The molecule has 10 nitrogen and oxygen atoms in total. The molecule has 1 unspecified atom stereocenters. The highest BCUT2D eigenvalue weighted by atomic mass is 35.5. The predicted molar refractivity (Wildman–Crippen MR) is 104 cm³/mol. The molecule has 12 heteroatoms. The number of amides is 1. The quantitative estimate of drug-likeness (QED) is 0.543. The highest BCUT2D eigenvalue weighted by molar-refractivity contribution is 7.85. The summed E-state index contributed by atoms with van der Waals surface area (Å²) in [6.45, 7) is 1.56. The normalized spacial score (nSPS) is 17.1. The number of anilines is 1. The molecule has 0 bridgehead atoms. The number of carboxylic acid groups (broad SMARTS) is 1. The summed E-state index contributed by atoms with van der Waals surface area (Å²) in [4.78, 5) is 23.4. The Morgan fingerprint density at radius 2 is 1.97 bits per heavy atom. The summed E-state index contributed by atoms with van der Waals surface area (Å²) < 4.78 is 31.5. The van der Waals surface area contributed by atoms with Gasteiger partial charge in [-0.2, -0.15) is 28.8 Å². The van der Waals surface area contributed by atoms with Gasteiger partial charge in [-0.05, 0) is 43.3 Å². The van der Waals surface area contributed by atoms with E-state index in [4.69, 9.17) is 16.2 Å². The van der Waals surface area contributed by atoms with E-state index >= 15 is 0 Å². The van der Waals surface area contributed by atoms with Crippen LogP contribution >= 0.6 is 11.6 Å². The van der Waals surface area contributed by atoms with Crippen molar-refractivity contribution in [3.05, 3.63) is 53.1 Å². The van der Waals surface area contributed by atoms with Gasteiger partial charge >= 0.3 is 5.97 Å². The third kappa shape index (κ3) is 4.31. The molecule has 0 aliphatic carbocycles. The van der Waals surface area contributed by atoms with E-state index in [1.54, 1.807) is 31.2 Å². The number of benzene rings is 2. The number of carbonyl (C=O) groups is 2. The van der Waals surface area contributed by atoms with E-state index in [2.05, 4.69) is 15.3 Å². The monoisotopic (exact) mass is 436 g/mol. The van der Waals surface area contributed by atoms with Crippen LogP contribution in [0.25, 0.3) is 0 Å². The zero-order chi connectivity index (χ0) is 21.3. The number of hydrazone groups is 1. The van der Waals surface area contributed by atoms with Crippen LogP contribution in [0.15, 0.2) is 62.7 Å². The van der Waals surface area contributed by atoms with Gasteiger partial charge in [-0.1, -0.05) is 17.7 Å². The van der Waals surface area contributed by atoms with Gasteiger partial charge in [0.15, 0.2) is 6.04 Å². The van der Waals surface area contributed by atoms with E-state index in [-0.39, 0.29) is 5.69 Å². The highest BCUT2D eigenvalue weighted by Crippen LogP contribution is 2.27. The number of carbonyl (C=O) groups excluding carboxylic acids is 1. The van der Waals surface area contributed by atoms with Crippen molar-refractivity contribution in [1.29, 1.82) is 0 Å². The molecule has 0 aromatic heterocycles. The van der Waals surface area contributed by atoms with Crippen LogP contribution in [0.1, 0.15) is 17.3 Å². The van der Waals surface area contributed by atoms with Crippen molar-refractivity contribution in [2.45, 2.75) is 17.9 Å². The molecule has 0 radical (unpaired) electrons. The van der Waals surface area contributed by atoms with Gasteiger partial charge in [-0.15, -0.1) is 0 Å². The second kappa shape index (κ2) is 7.70. The van der Waals surface area contributed by atoms with E-state index in [1.165, 1.54) is 0 Å². The van der Waals surface area contributed by atoms with E-state index in [1.807, 2.05) is 0 Å². The molecule has 0 saturated carbocycles. The number of azo groups is 1. The molecule has 1 atom stereocenters. The fraction of sp³-hybridized carbons (Fsp3) is 0.118. The van der Waals surface area contributed by atoms with Crippen molar-refractivity contribution < 1.29 is 27.7 Å². The first-order valence-corrected chi connectivity index (χ1v) is 9.80. The van der Waals surface area contributed by atoms with Crippen molar-refractivity contribution in [2.24, 2.45) is 15.3 Å². The first kappa shape index (κ1) is 20.6. The zero-order valence-electron chi connectivity index (χ0n) is 14.7. The van der Waals surface area contributed by atoms with Crippen molar-refractivity contribution in [2.75, 3.05) is 5.01 Å². The number of hydrogen-bond donors (Lipinski definition) is 2. The van der Waals surface area contributed by atoms with Gasteiger partial charge in [0.2, 0.25) is 0 Å². The van der Waals surface area contributed by atoms with Gasteiger partial charge in [-0.3, -0.25) is 9.35 Å². The number of halogens is 1. The number of nitrogens with zero attached hydrogens (tertiary/aromatic N) is 4. The first-order chi connectivity index (χ1) is 13.6. The molecule has 2 aromatic rings. The van der Waals surface area contributed by atoms with Crippen molar-refractivity contribution in [3.63, 3.8) is 0 Å². The second-order valence-electron chi connectivity index (χ2n) is 5.95. The average Bonchev–Trinajstić information content (AvgIpc) is 2.93. The summed E-state index contributed by atoms with van der Waals surface area (Å²) in [6, 6.07) is 8.19. The van der Waals surface area contributed by atoms with Crippen molar-refractivity contribution in [1.82, 2.24) is 0 Å². The van der Waals surface area contributed by atoms with Crippen LogP contribution in [0.2, 0.25) is 5.02 Å². The van der Waals surface area contributed by atoms with E-state index in [0.29, 0.717) is 16.4 Å². The third-order valence-corrected chi connectivity index (χ3v) is 5.01. The van der Waals surface area contributed by atoms with Gasteiger partial charge in [0.05, 0.1) is 27.5 Å². The molecule has 1 aliphatic heterocycles. The summed E-state index contributed by atoms with van der Waals surface area (Å²) in [5.74, 6) is -1.99. The second-order valence-corrected chi connectivity index (χ2v) is 7.81. The number of aromatic carboxylic acids is 1. The summed E-state index contributed by atoms with van der Waals surface area (Å²) in [5, 5.41) is 22.6. The van der Waals surface area contributed by atoms with Crippen LogP contribution in [0, 0.1) is 0 Å². The molecule has 1 heterocycles. The van der Waals surface area contributed by atoms with Crippen LogP contribution in [-0.2, 0) is 14.9 Å². The predicted octanol–water partition coefficient (Wildman–Crippen LogP) is 3.16. The molecular weight excluding hydrogens is 424 g/mol. The van der Waals surface area contributed by atoms with Crippen LogP contribution in [0.4, 0.5) is 11.4 Å². The van der Waals surface area contributed by atoms with Crippen molar-refractivity contribution in [3.8, 4) is 0 Å². The molecule has 1 amide bonds. The maximum Gasteiger partial charge on any atom is 0.338 e. The average molecular weight is 437 g/mol. The van der Waals surface area contributed by atoms with Gasteiger partial charge in [0.1, 0.15) is 0 Å². The standard InChI is InChI=1S/C17H13ClN4O6S/c1-9-15(16(23)22(21-9)11-4-2-3-10(18)7-11)20-19-14-6-5-12(29(26,27)28)8-13(14)17(24)25/h2-8,15H,1H3,(H,24,25)(H,26,27,28). The Bertz CT molecular complexity index is 1180. The van der Waals surface area contributed by atoms with E-state index in [0.717, 1.165) is 23.2 Å². The van der Waals surface area contributed by atoms with Gasteiger partial charge in [0, 0.05) is 5.02 Å². The molecule has 3 rings (SSSR count). The van der Waals surface area contributed by atoms with E-state index < -0.39 is 38.5 Å².